The molecule has 0 saturated carbocycles. The highest BCUT2D eigenvalue weighted by Gasteiger charge is 2.22. The summed E-state index contributed by atoms with van der Waals surface area (Å²) in [6.07, 6.45) is -0.148. The van der Waals surface area contributed by atoms with Gasteiger partial charge in [0, 0.05) is 40.3 Å². The van der Waals surface area contributed by atoms with Crippen LogP contribution in [0.15, 0.2) is 36.4 Å². The Morgan fingerprint density at radius 2 is 1.02 bits per heavy atom. The Morgan fingerprint density at radius 3 is 1.36 bits per heavy atom. The van der Waals surface area contributed by atoms with Crippen molar-refractivity contribution in [2.24, 2.45) is 17.8 Å². The van der Waals surface area contributed by atoms with Gasteiger partial charge in [0.1, 0.15) is 0 Å². The lowest BCUT2D eigenvalue weighted by Crippen LogP contribution is -2.17. The Labute approximate surface area is 262 Å². The Hall–Kier alpha value is -4.16. The van der Waals surface area contributed by atoms with Crippen LogP contribution >= 0.6 is 22.7 Å². The number of ketones is 2. The number of carbonyl (C=O) groups excluding carboxylic acids is 2. The van der Waals surface area contributed by atoms with Crippen LogP contribution in [-0.2, 0) is 9.59 Å². The summed E-state index contributed by atoms with van der Waals surface area (Å²) in [5.74, 6) is -2.00. The lowest BCUT2D eigenvalue weighted by molar-refractivity contribution is -0.141. The normalized spacial score (nSPS) is 13.3. The second-order valence-corrected chi connectivity index (χ2v) is 12.9. The molecule has 0 aliphatic heterocycles. The van der Waals surface area contributed by atoms with Crippen LogP contribution in [-0.4, -0.2) is 61.2 Å². The molecule has 234 valence electrons. The molecule has 2 unspecified atom stereocenters. The third-order valence-electron chi connectivity index (χ3n) is 7.03. The summed E-state index contributed by atoms with van der Waals surface area (Å²) in [7, 11) is 3.07. The number of thiophene rings is 2. The van der Waals surface area contributed by atoms with Crippen molar-refractivity contribution in [1.82, 2.24) is 0 Å². The molecule has 2 heterocycles. The van der Waals surface area contributed by atoms with Gasteiger partial charge in [0.15, 0.2) is 34.6 Å². The van der Waals surface area contributed by atoms with Gasteiger partial charge in [-0.25, -0.2) is 0 Å². The molecule has 2 atom stereocenters. The van der Waals surface area contributed by atoms with Crippen LogP contribution in [0.2, 0.25) is 0 Å². The predicted molar refractivity (Wildman–Crippen MR) is 168 cm³/mol. The van der Waals surface area contributed by atoms with Crippen LogP contribution in [0.1, 0.15) is 53.0 Å². The SMILES string of the molecule is COc1cc2sc(C(=O)CC(C)C(=O)O)cc2cc1OCC(C)COc1cc2cc(C(=O)CC(C)C(=O)O)sc2cc1OC. The fourth-order valence-corrected chi connectivity index (χ4v) is 6.40. The summed E-state index contributed by atoms with van der Waals surface area (Å²) in [5, 5.41) is 19.9. The van der Waals surface area contributed by atoms with E-state index in [9.17, 15) is 19.2 Å². The van der Waals surface area contributed by atoms with E-state index in [2.05, 4.69) is 0 Å². The zero-order valence-electron chi connectivity index (χ0n) is 25.0. The number of benzene rings is 2. The number of rotatable bonds is 16. The van der Waals surface area contributed by atoms with E-state index in [1.807, 2.05) is 6.92 Å². The second kappa shape index (κ2) is 14.1. The Morgan fingerprint density at radius 1 is 0.636 bits per heavy atom. The second-order valence-electron chi connectivity index (χ2n) is 10.8. The summed E-state index contributed by atoms with van der Waals surface area (Å²) in [6.45, 7) is 5.59. The first-order valence-electron chi connectivity index (χ1n) is 13.9. The van der Waals surface area contributed by atoms with Gasteiger partial charge in [0.25, 0.3) is 0 Å². The monoisotopic (exact) mass is 642 g/mol. The highest BCUT2D eigenvalue weighted by Crippen LogP contribution is 2.39. The number of carboxylic acids is 2. The molecule has 2 N–H and O–H groups in total. The van der Waals surface area contributed by atoms with Crippen molar-refractivity contribution < 1.29 is 48.3 Å². The summed E-state index contributed by atoms with van der Waals surface area (Å²) >= 11 is 2.57. The summed E-state index contributed by atoms with van der Waals surface area (Å²) in [4.78, 5) is 48.5. The molecule has 0 radical (unpaired) electrons. The molecule has 0 aliphatic carbocycles. The number of Topliss-reactive ketones (excluding diaryl/α,β-unsaturated/α-hetero) is 2. The van der Waals surface area contributed by atoms with Gasteiger partial charge in [-0.3, -0.25) is 19.2 Å². The van der Waals surface area contributed by atoms with Crippen molar-refractivity contribution in [2.45, 2.75) is 33.6 Å². The largest absolute Gasteiger partial charge is 0.493 e. The fraction of sp³-hybridized carbons (Fsp3) is 0.375. The summed E-state index contributed by atoms with van der Waals surface area (Å²) in [6, 6.07) is 10.7. The molecule has 0 aliphatic rings. The van der Waals surface area contributed by atoms with Crippen LogP contribution in [0.5, 0.6) is 23.0 Å². The van der Waals surface area contributed by atoms with E-state index in [1.165, 1.54) is 50.7 Å². The number of ether oxygens (including phenoxy) is 4. The first-order valence-corrected chi connectivity index (χ1v) is 15.5. The molecule has 4 rings (SSSR count). The third kappa shape index (κ3) is 7.67. The first-order chi connectivity index (χ1) is 20.9. The van der Waals surface area contributed by atoms with Gasteiger partial charge < -0.3 is 29.2 Å². The quantitative estimate of drug-likeness (QED) is 0.125. The molecule has 44 heavy (non-hydrogen) atoms. The molecule has 2 aromatic carbocycles. The molecule has 0 spiro atoms. The van der Waals surface area contributed by atoms with E-state index in [4.69, 9.17) is 29.2 Å². The maximum Gasteiger partial charge on any atom is 0.306 e. The average molecular weight is 643 g/mol. The van der Waals surface area contributed by atoms with Crippen molar-refractivity contribution in [3.63, 3.8) is 0 Å². The van der Waals surface area contributed by atoms with Crippen molar-refractivity contribution in [3.05, 3.63) is 46.2 Å². The van der Waals surface area contributed by atoms with E-state index in [1.54, 1.807) is 36.4 Å². The summed E-state index contributed by atoms with van der Waals surface area (Å²) < 4.78 is 24.9. The molecule has 10 nitrogen and oxygen atoms in total. The van der Waals surface area contributed by atoms with Crippen LogP contribution in [0, 0.1) is 17.8 Å². The highest BCUT2D eigenvalue weighted by atomic mass is 32.1. The zero-order chi connectivity index (χ0) is 32.1. The molecular formula is C32H34O10S2. The number of hydrogen-bond acceptors (Lipinski definition) is 10. The third-order valence-corrected chi connectivity index (χ3v) is 9.31. The maximum atomic E-state index is 12.6. The van der Waals surface area contributed by atoms with Crippen molar-refractivity contribution in [3.8, 4) is 23.0 Å². The zero-order valence-corrected chi connectivity index (χ0v) is 26.6. The van der Waals surface area contributed by atoms with Gasteiger partial charge >= 0.3 is 11.9 Å². The number of hydrogen-bond donors (Lipinski definition) is 2. The molecule has 0 saturated heterocycles. The Balaban J connectivity index is 1.41. The molecule has 4 aromatic rings. The van der Waals surface area contributed by atoms with Crippen LogP contribution in [0.3, 0.4) is 0 Å². The van der Waals surface area contributed by atoms with Gasteiger partial charge in [-0.2, -0.15) is 0 Å². The number of carboxylic acid groups (broad SMARTS) is 2. The lowest BCUT2D eigenvalue weighted by atomic mass is 10.0. The van der Waals surface area contributed by atoms with E-state index < -0.39 is 23.8 Å². The molecule has 2 aromatic heterocycles. The minimum atomic E-state index is -1.01. The van der Waals surface area contributed by atoms with Gasteiger partial charge in [0.05, 0.1) is 49.0 Å². The molecule has 0 amide bonds. The number of fused-ring (bicyclic) bond motifs is 2. The molecular weight excluding hydrogens is 608 g/mol. The van der Waals surface area contributed by atoms with Crippen molar-refractivity contribution in [1.29, 1.82) is 0 Å². The van der Waals surface area contributed by atoms with Gasteiger partial charge in [-0.15, -0.1) is 22.7 Å². The van der Waals surface area contributed by atoms with Crippen LogP contribution in [0.4, 0.5) is 0 Å². The molecule has 12 heteroatoms. The van der Waals surface area contributed by atoms with Gasteiger partial charge in [-0.05, 0) is 35.0 Å². The summed E-state index contributed by atoms with van der Waals surface area (Å²) in [5.41, 5.74) is 0. The minimum absolute atomic E-state index is 0.0509. The maximum absolute atomic E-state index is 12.6. The van der Waals surface area contributed by atoms with Gasteiger partial charge in [0.2, 0.25) is 0 Å². The van der Waals surface area contributed by atoms with Crippen LogP contribution < -0.4 is 18.9 Å². The van der Waals surface area contributed by atoms with E-state index in [0.717, 1.165) is 20.2 Å². The predicted octanol–water partition coefficient (Wildman–Crippen LogP) is 6.81. The average Bonchev–Trinajstić information content (AvgIpc) is 3.61. The fourth-order valence-electron chi connectivity index (χ4n) is 4.36. The standard InChI is InChI=1S/C32H34O10S2/c1-16(14-41-25-8-19-10-29(21(33)6-17(2)31(35)36)43-27(19)12-23(25)39-4)15-42-26-9-20-11-30(22(34)7-18(3)32(37)38)44-28(20)13-24(26)40-5/h8-13,16-18H,6-7,14-15H2,1-5H3,(H,35,36)(H,37,38). The first kappa shape index (κ1) is 32.7. The highest BCUT2D eigenvalue weighted by molar-refractivity contribution is 7.21. The smallest absolute Gasteiger partial charge is 0.306 e. The number of carbonyl (C=O) groups is 4. The molecule has 0 fully saturated rings. The number of methoxy groups -OCH3 is 2. The Kier molecular flexibility index (Phi) is 10.5. The number of aliphatic carboxylic acids is 2. The van der Waals surface area contributed by atoms with E-state index in [0.29, 0.717) is 46.0 Å². The van der Waals surface area contributed by atoms with Crippen molar-refractivity contribution >= 4 is 66.4 Å². The van der Waals surface area contributed by atoms with Crippen LogP contribution in [0.25, 0.3) is 20.2 Å². The lowest BCUT2D eigenvalue weighted by Gasteiger charge is -2.17. The Bertz CT molecular complexity index is 1580. The van der Waals surface area contributed by atoms with E-state index in [-0.39, 0.29) is 30.3 Å². The van der Waals surface area contributed by atoms with Crippen molar-refractivity contribution in [2.75, 3.05) is 27.4 Å². The topological polar surface area (TPSA) is 146 Å². The molecule has 0 bridgehead atoms. The van der Waals surface area contributed by atoms with Gasteiger partial charge in [-0.1, -0.05) is 20.8 Å². The minimum Gasteiger partial charge on any atom is -0.493 e. The van der Waals surface area contributed by atoms with E-state index >= 15 is 0 Å².